The topological polar surface area (TPSA) is 67.2 Å². The maximum absolute atomic E-state index is 11.5. The third-order valence-corrected chi connectivity index (χ3v) is 3.35. The first-order chi connectivity index (χ1) is 7.43. The molecule has 1 aromatic heterocycles. The fraction of sp³-hybridized carbons (Fsp3) is 0.600. The second-order valence-electron chi connectivity index (χ2n) is 4.09. The van der Waals surface area contributed by atoms with Crippen molar-refractivity contribution >= 4 is 23.6 Å². The zero-order valence-electron chi connectivity index (χ0n) is 9.96. The van der Waals surface area contributed by atoms with Crippen LogP contribution in [-0.4, -0.2) is 28.7 Å². The first-order valence-electron chi connectivity index (χ1n) is 4.96. The predicted octanol–water partition coefficient (Wildman–Crippen LogP) is 2.25. The number of carbonyl (C=O) groups is 1. The van der Waals surface area contributed by atoms with E-state index in [0.29, 0.717) is 18.1 Å². The van der Waals surface area contributed by atoms with E-state index in [1.165, 1.54) is 0 Å². The highest BCUT2D eigenvalue weighted by atomic mass is 32.2. The first-order valence-corrected chi connectivity index (χ1v) is 6.19. The molecule has 0 saturated carbocycles. The summed E-state index contributed by atoms with van der Waals surface area (Å²) in [5.74, 6) is 1.09. The molecule has 1 aromatic rings. The number of urea groups is 1. The summed E-state index contributed by atoms with van der Waals surface area (Å²) in [7, 11) is 0. The number of aromatic nitrogens is 1. The van der Waals surface area contributed by atoms with Crippen LogP contribution >= 0.6 is 11.8 Å². The van der Waals surface area contributed by atoms with Gasteiger partial charge < -0.3 is 9.84 Å². The number of thioether (sulfide) groups is 1. The Morgan fingerprint density at radius 2 is 2.31 bits per heavy atom. The fourth-order valence-corrected chi connectivity index (χ4v) is 1.17. The van der Waals surface area contributed by atoms with Gasteiger partial charge in [-0.2, -0.15) is 11.8 Å². The maximum atomic E-state index is 11.5. The van der Waals surface area contributed by atoms with Crippen molar-refractivity contribution in [3.05, 3.63) is 11.8 Å². The molecule has 1 heterocycles. The molecule has 2 amide bonds. The van der Waals surface area contributed by atoms with E-state index in [1.54, 1.807) is 24.8 Å². The lowest BCUT2D eigenvalue weighted by Crippen LogP contribution is -2.38. The van der Waals surface area contributed by atoms with Gasteiger partial charge in [-0.3, -0.25) is 5.32 Å². The summed E-state index contributed by atoms with van der Waals surface area (Å²) in [6.07, 6.45) is 2.01. The summed E-state index contributed by atoms with van der Waals surface area (Å²) in [6.45, 7) is 6.50. The predicted molar refractivity (Wildman–Crippen MR) is 65.9 cm³/mol. The van der Waals surface area contributed by atoms with Crippen molar-refractivity contribution in [3.63, 3.8) is 0 Å². The van der Waals surface area contributed by atoms with Crippen molar-refractivity contribution in [2.75, 3.05) is 18.1 Å². The van der Waals surface area contributed by atoms with Crippen LogP contribution < -0.4 is 10.6 Å². The minimum absolute atomic E-state index is 0.0249. The Morgan fingerprint density at radius 1 is 1.62 bits per heavy atom. The van der Waals surface area contributed by atoms with Gasteiger partial charge >= 0.3 is 6.03 Å². The van der Waals surface area contributed by atoms with Crippen molar-refractivity contribution in [1.29, 1.82) is 0 Å². The molecule has 0 saturated heterocycles. The van der Waals surface area contributed by atoms with E-state index >= 15 is 0 Å². The number of anilines is 1. The molecule has 2 N–H and O–H groups in total. The lowest BCUT2D eigenvalue weighted by Gasteiger charge is -2.21. The van der Waals surface area contributed by atoms with Crippen LogP contribution in [-0.2, 0) is 0 Å². The molecule has 0 bridgehead atoms. The minimum atomic E-state index is -0.268. The molecule has 90 valence electrons. The van der Waals surface area contributed by atoms with Crippen LogP contribution in [0.25, 0.3) is 0 Å². The molecule has 0 fully saturated rings. The molecule has 0 radical (unpaired) electrons. The SMILES string of the molecule is CSC(C)(C)CNC(=O)Nc1cc(C)on1. The van der Waals surface area contributed by atoms with Crippen LogP contribution in [0.15, 0.2) is 10.6 Å². The molecule has 0 aliphatic carbocycles. The van der Waals surface area contributed by atoms with Gasteiger partial charge in [0.1, 0.15) is 5.76 Å². The number of carbonyl (C=O) groups excluding carboxylic acids is 1. The highest BCUT2D eigenvalue weighted by molar-refractivity contribution is 7.99. The quantitative estimate of drug-likeness (QED) is 0.851. The molecule has 16 heavy (non-hydrogen) atoms. The van der Waals surface area contributed by atoms with E-state index in [4.69, 9.17) is 4.52 Å². The molecule has 0 spiro atoms. The lowest BCUT2D eigenvalue weighted by atomic mass is 10.2. The van der Waals surface area contributed by atoms with Crippen molar-refractivity contribution < 1.29 is 9.32 Å². The summed E-state index contributed by atoms with van der Waals surface area (Å²) in [4.78, 5) is 11.5. The average molecular weight is 243 g/mol. The molecular weight excluding hydrogens is 226 g/mol. The van der Waals surface area contributed by atoms with Crippen LogP contribution in [0.5, 0.6) is 0 Å². The van der Waals surface area contributed by atoms with Crippen molar-refractivity contribution in [3.8, 4) is 0 Å². The summed E-state index contributed by atoms with van der Waals surface area (Å²) in [5, 5.41) is 9.04. The van der Waals surface area contributed by atoms with E-state index in [0.717, 1.165) is 0 Å². The van der Waals surface area contributed by atoms with E-state index < -0.39 is 0 Å². The van der Waals surface area contributed by atoms with E-state index in [1.807, 2.05) is 6.26 Å². The molecule has 0 aliphatic rings. The highest BCUT2D eigenvalue weighted by Gasteiger charge is 2.17. The Morgan fingerprint density at radius 3 is 2.81 bits per heavy atom. The van der Waals surface area contributed by atoms with Crippen LogP contribution in [0.4, 0.5) is 10.6 Å². The molecule has 0 aliphatic heterocycles. The van der Waals surface area contributed by atoms with Gasteiger partial charge in [0.2, 0.25) is 0 Å². The van der Waals surface area contributed by atoms with Gasteiger partial charge in [0, 0.05) is 17.4 Å². The third kappa shape index (κ3) is 4.14. The van der Waals surface area contributed by atoms with Gasteiger partial charge in [0.05, 0.1) is 0 Å². The standard InChI is InChI=1S/C10H17N3O2S/c1-7-5-8(13-15-7)12-9(14)11-6-10(2,3)16-4/h5H,6H2,1-4H3,(H2,11,12,13,14). The third-order valence-electron chi connectivity index (χ3n) is 2.10. The van der Waals surface area contributed by atoms with Crippen molar-refractivity contribution in [2.45, 2.75) is 25.5 Å². The number of hydrogen-bond donors (Lipinski definition) is 2. The van der Waals surface area contributed by atoms with Crippen molar-refractivity contribution in [2.24, 2.45) is 0 Å². The highest BCUT2D eigenvalue weighted by Crippen LogP contribution is 2.19. The molecule has 6 heteroatoms. The summed E-state index contributed by atoms with van der Waals surface area (Å²) >= 11 is 1.70. The van der Waals surface area contributed by atoms with Gasteiger partial charge in [-0.05, 0) is 27.0 Å². The largest absolute Gasteiger partial charge is 0.360 e. The maximum Gasteiger partial charge on any atom is 0.320 e. The molecule has 5 nitrogen and oxygen atoms in total. The van der Waals surface area contributed by atoms with E-state index in [-0.39, 0.29) is 10.8 Å². The Hall–Kier alpha value is -1.17. The Kier molecular flexibility index (Phi) is 4.23. The molecule has 0 unspecified atom stereocenters. The van der Waals surface area contributed by atoms with Crippen LogP contribution in [0.2, 0.25) is 0 Å². The minimum Gasteiger partial charge on any atom is -0.360 e. The Bertz CT molecular complexity index is 363. The number of hydrogen-bond acceptors (Lipinski definition) is 4. The van der Waals surface area contributed by atoms with E-state index in [2.05, 4.69) is 29.6 Å². The summed E-state index contributed by atoms with van der Waals surface area (Å²) < 4.78 is 4.86. The number of nitrogens with zero attached hydrogens (tertiary/aromatic N) is 1. The normalized spacial score (nSPS) is 11.2. The first kappa shape index (κ1) is 12.9. The van der Waals surface area contributed by atoms with Crippen molar-refractivity contribution in [1.82, 2.24) is 10.5 Å². The van der Waals surface area contributed by atoms with Gasteiger partial charge in [0.15, 0.2) is 5.82 Å². The number of aryl methyl sites for hydroxylation is 1. The van der Waals surface area contributed by atoms with Crippen LogP contribution in [0.3, 0.4) is 0 Å². The zero-order valence-corrected chi connectivity index (χ0v) is 10.8. The molecule has 0 aromatic carbocycles. The summed E-state index contributed by atoms with van der Waals surface area (Å²) in [6, 6.07) is 1.40. The van der Waals surface area contributed by atoms with Gasteiger partial charge in [-0.15, -0.1) is 0 Å². The molecular formula is C10H17N3O2S. The summed E-state index contributed by atoms with van der Waals surface area (Å²) in [5.41, 5.74) is 0. The smallest absolute Gasteiger partial charge is 0.320 e. The van der Waals surface area contributed by atoms with Gasteiger partial charge in [0.25, 0.3) is 0 Å². The second kappa shape index (κ2) is 5.25. The Labute approximate surface area is 99.3 Å². The monoisotopic (exact) mass is 243 g/mol. The lowest BCUT2D eigenvalue weighted by molar-refractivity contribution is 0.251. The zero-order chi connectivity index (χ0) is 12.2. The Balaban J connectivity index is 2.37. The number of amides is 2. The van der Waals surface area contributed by atoms with Crippen LogP contribution in [0, 0.1) is 6.92 Å². The molecule has 0 atom stereocenters. The van der Waals surface area contributed by atoms with Gasteiger partial charge in [-0.25, -0.2) is 4.79 Å². The molecule has 1 rings (SSSR count). The number of rotatable bonds is 4. The number of nitrogens with one attached hydrogen (secondary N) is 2. The average Bonchev–Trinajstić information content (AvgIpc) is 2.61. The fourth-order valence-electron chi connectivity index (χ4n) is 0.951. The second-order valence-corrected chi connectivity index (χ2v) is 5.61. The van der Waals surface area contributed by atoms with Gasteiger partial charge in [-0.1, -0.05) is 5.16 Å². The van der Waals surface area contributed by atoms with E-state index in [9.17, 15) is 4.79 Å². The van der Waals surface area contributed by atoms with Crippen LogP contribution in [0.1, 0.15) is 19.6 Å².